The number of rotatable bonds is 3. The Balaban J connectivity index is 2.50. The largest absolute Gasteiger partial charge is 0.472 e. The number of hydrogen-bond donors (Lipinski definition) is 2. The first kappa shape index (κ1) is 7.31. The average Bonchev–Trinajstić information content (AvgIpc) is 2.38. The van der Waals surface area contributed by atoms with Gasteiger partial charge in [0.05, 0.1) is 18.6 Å². The van der Waals surface area contributed by atoms with E-state index in [1.165, 1.54) is 12.5 Å². The molecule has 0 amide bonds. The molecule has 3 nitrogen and oxygen atoms in total. The number of hydrogen-bond acceptors (Lipinski definition) is 3. The Hall–Kier alpha value is -0.800. The molecule has 1 aromatic rings. The predicted molar refractivity (Wildman–Crippen MR) is 37.3 cm³/mol. The van der Waals surface area contributed by atoms with Crippen molar-refractivity contribution in [3.63, 3.8) is 0 Å². The van der Waals surface area contributed by atoms with Crippen LogP contribution in [0.2, 0.25) is 0 Å². The molecule has 1 rings (SSSR count). The molecule has 1 heterocycles. The number of furan rings is 1. The summed E-state index contributed by atoms with van der Waals surface area (Å²) in [5.41, 5.74) is 6.04. The van der Waals surface area contributed by atoms with Crippen LogP contribution in [0.5, 0.6) is 0 Å². The summed E-state index contributed by atoms with van der Waals surface area (Å²) in [5, 5.41) is 9.27. The molecule has 0 radical (unpaired) electrons. The lowest BCUT2D eigenvalue weighted by Gasteiger charge is -2.03. The van der Waals surface area contributed by atoms with E-state index in [0.29, 0.717) is 13.0 Å². The lowest BCUT2D eigenvalue weighted by molar-refractivity contribution is 0.169. The first-order valence-corrected chi connectivity index (χ1v) is 3.25. The molecule has 0 saturated heterocycles. The van der Waals surface area contributed by atoms with Crippen molar-refractivity contribution < 1.29 is 9.52 Å². The maximum atomic E-state index is 9.27. The van der Waals surface area contributed by atoms with Gasteiger partial charge in [-0.2, -0.15) is 0 Å². The van der Waals surface area contributed by atoms with Crippen molar-refractivity contribution in [2.24, 2.45) is 5.73 Å². The minimum Gasteiger partial charge on any atom is -0.472 e. The lowest BCUT2D eigenvalue weighted by atomic mass is 10.1. The van der Waals surface area contributed by atoms with Crippen LogP contribution in [0.1, 0.15) is 18.1 Å². The molecular weight excluding hydrogens is 130 g/mol. The zero-order valence-electron chi connectivity index (χ0n) is 5.66. The topological polar surface area (TPSA) is 59.4 Å². The second-order valence-electron chi connectivity index (χ2n) is 2.15. The van der Waals surface area contributed by atoms with Gasteiger partial charge >= 0.3 is 0 Å². The molecule has 0 aliphatic heterocycles. The van der Waals surface area contributed by atoms with E-state index in [4.69, 9.17) is 10.2 Å². The summed E-state index contributed by atoms with van der Waals surface area (Å²) >= 11 is 0. The summed E-state index contributed by atoms with van der Waals surface area (Å²) in [4.78, 5) is 0. The number of aliphatic hydroxyl groups excluding tert-OH is 1. The van der Waals surface area contributed by atoms with Crippen molar-refractivity contribution in [2.45, 2.75) is 12.5 Å². The molecule has 10 heavy (non-hydrogen) atoms. The van der Waals surface area contributed by atoms with Crippen LogP contribution in [-0.4, -0.2) is 11.7 Å². The Kier molecular flexibility index (Phi) is 2.48. The van der Waals surface area contributed by atoms with Crippen molar-refractivity contribution in [1.82, 2.24) is 0 Å². The standard InChI is InChI=1S/C7H11NO2/c8-3-1-7(9)6-2-4-10-5-6/h2,4-5,7,9H,1,3,8H2/t7-/m0/s1. The molecular formula is C7H11NO2. The number of nitrogens with two attached hydrogens (primary N) is 1. The molecule has 0 unspecified atom stereocenters. The highest BCUT2D eigenvalue weighted by Gasteiger charge is 2.05. The molecule has 0 aliphatic rings. The summed E-state index contributed by atoms with van der Waals surface area (Å²) in [6.45, 7) is 0.492. The Morgan fingerprint density at radius 2 is 2.50 bits per heavy atom. The van der Waals surface area contributed by atoms with Gasteiger partial charge in [0.15, 0.2) is 0 Å². The zero-order valence-corrected chi connectivity index (χ0v) is 5.66. The minimum atomic E-state index is -0.469. The molecule has 3 N–H and O–H groups in total. The van der Waals surface area contributed by atoms with Gasteiger partial charge in [0.1, 0.15) is 0 Å². The predicted octanol–water partition coefficient (Wildman–Crippen LogP) is 0.662. The monoisotopic (exact) mass is 141 g/mol. The lowest BCUT2D eigenvalue weighted by Crippen LogP contribution is -2.05. The molecule has 0 aliphatic carbocycles. The van der Waals surface area contributed by atoms with Gasteiger partial charge in [0.25, 0.3) is 0 Å². The van der Waals surface area contributed by atoms with Crippen LogP contribution in [0, 0.1) is 0 Å². The van der Waals surface area contributed by atoms with Crippen molar-refractivity contribution >= 4 is 0 Å². The summed E-state index contributed by atoms with van der Waals surface area (Å²) < 4.78 is 4.78. The van der Waals surface area contributed by atoms with Gasteiger partial charge in [-0.05, 0) is 19.0 Å². The molecule has 3 heteroatoms. The summed E-state index contributed by atoms with van der Waals surface area (Å²) in [6, 6.07) is 1.74. The van der Waals surface area contributed by atoms with Gasteiger partial charge in [0.2, 0.25) is 0 Å². The van der Waals surface area contributed by atoms with Crippen LogP contribution >= 0.6 is 0 Å². The van der Waals surface area contributed by atoms with E-state index in [1.807, 2.05) is 0 Å². The van der Waals surface area contributed by atoms with Gasteiger partial charge in [-0.15, -0.1) is 0 Å². The maximum Gasteiger partial charge on any atom is 0.0960 e. The van der Waals surface area contributed by atoms with Crippen LogP contribution in [0.4, 0.5) is 0 Å². The van der Waals surface area contributed by atoms with E-state index >= 15 is 0 Å². The Bertz CT molecular complexity index is 172. The summed E-state index contributed by atoms with van der Waals surface area (Å²) in [7, 11) is 0. The first-order valence-electron chi connectivity index (χ1n) is 3.25. The normalized spacial score (nSPS) is 13.4. The minimum absolute atomic E-state index is 0.469. The van der Waals surface area contributed by atoms with Gasteiger partial charge < -0.3 is 15.3 Å². The highest BCUT2D eigenvalue weighted by atomic mass is 16.3. The van der Waals surface area contributed by atoms with Crippen molar-refractivity contribution in [1.29, 1.82) is 0 Å². The van der Waals surface area contributed by atoms with Crippen LogP contribution in [0.15, 0.2) is 23.0 Å². The number of aliphatic hydroxyl groups is 1. The van der Waals surface area contributed by atoms with Crippen LogP contribution in [0.25, 0.3) is 0 Å². The molecule has 1 atom stereocenters. The van der Waals surface area contributed by atoms with Crippen molar-refractivity contribution in [2.75, 3.05) is 6.54 Å². The second kappa shape index (κ2) is 3.39. The van der Waals surface area contributed by atoms with Gasteiger partial charge in [-0.1, -0.05) is 0 Å². The fraction of sp³-hybridized carbons (Fsp3) is 0.429. The Morgan fingerprint density at radius 3 is 3.00 bits per heavy atom. The molecule has 0 aromatic carbocycles. The average molecular weight is 141 g/mol. The molecule has 0 bridgehead atoms. The van der Waals surface area contributed by atoms with Gasteiger partial charge in [0, 0.05) is 5.56 Å². The first-order chi connectivity index (χ1) is 4.84. The third kappa shape index (κ3) is 1.59. The van der Waals surface area contributed by atoms with E-state index in [0.717, 1.165) is 5.56 Å². The zero-order chi connectivity index (χ0) is 7.40. The molecule has 0 saturated carbocycles. The quantitative estimate of drug-likeness (QED) is 0.650. The summed E-state index contributed by atoms with van der Waals surface area (Å²) in [6.07, 6.45) is 3.18. The van der Waals surface area contributed by atoms with E-state index in [1.54, 1.807) is 6.07 Å². The Labute approximate surface area is 59.5 Å². The van der Waals surface area contributed by atoms with Crippen LogP contribution in [0.3, 0.4) is 0 Å². The fourth-order valence-corrected chi connectivity index (χ4v) is 0.789. The second-order valence-corrected chi connectivity index (χ2v) is 2.15. The van der Waals surface area contributed by atoms with Gasteiger partial charge in [-0.3, -0.25) is 0 Å². The van der Waals surface area contributed by atoms with Crippen LogP contribution in [-0.2, 0) is 0 Å². The van der Waals surface area contributed by atoms with E-state index < -0.39 is 6.10 Å². The third-order valence-electron chi connectivity index (χ3n) is 1.37. The van der Waals surface area contributed by atoms with Gasteiger partial charge in [-0.25, -0.2) is 0 Å². The fourth-order valence-electron chi connectivity index (χ4n) is 0.789. The van der Waals surface area contributed by atoms with Crippen molar-refractivity contribution in [3.8, 4) is 0 Å². The molecule has 0 spiro atoms. The van der Waals surface area contributed by atoms with E-state index in [-0.39, 0.29) is 0 Å². The van der Waals surface area contributed by atoms with Crippen LogP contribution < -0.4 is 5.73 Å². The smallest absolute Gasteiger partial charge is 0.0960 e. The van der Waals surface area contributed by atoms with E-state index in [9.17, 15) is 5.11 Å². The van der Waals surface area contributed by atoms with Crippen molar-refractivity contribution in [3.05, 3.63) is 24.2 Å². The highest BCUT2D eigenvalue weighted by Crippen LogP contribution is 2.15. The molecule has 56 valence electrons. The third-order valence-corrected chi connectivity index (χ3v) is 1.37. The molecule has 1 aromatic heterocycles. The Morgan fingerprint density at radius 1 is 1.70 bits per heavy atom. The highest BCUT2D eigenvalue weighted by molar-refractivity contribution is 5.08. The molecule has 0 fully saturated rings. The SMILES string of the molecule is NCC[C@H](O)c1ccoc1. The maximum absolute atomic E-state index is 9.27. The van der Waals surface area contributed by atoms with E-state index in [2.05, 4.69) is 0 Å². The summed E-state index contributed by atoms with van der Waals surface area (Å²) in [5.74, 6) is 0.